The Bertz CT molecular complexity index is 1800. The summed E-state index contributed by atoms with van der Waals surface area (Å²) in [6.07, 6.45) is 1.53. The Hall–Kier alpha value is -4.78. The normalized spacial score (nSPS) is 11.6. The van der Waals surface area contributed by atoms with E-state index in [0.717, 1.165) is 16.3 Å². The van der Waals surface area contributed by atoms with Crippen LogP contribution in [0.25, 0.3) is 27.7 Å². The van der Waals surface area contributed by atoms with Gasteiger partial charge in [-0.15, -0.1) is 0 Å². The first kappa shape index (κ1) is 27.3. The van der Waals surface area contributed by atoms with Gasteiger partial charge in [0.1, 0.15) is 5.97 Å². The summed E-state index contributed by atoms with van der Waals surface area (Å²) in [5.41, 5.74) is 2.59. The van der Waals surface area contributed by atoms with Crippen LogP contribution in [0, 0.1) is 0 Å². The number of carbonyl (C=O) groups excluding carboxylic acids is 2. The van der Waals surface area contributed by atoms with Gasteiger partial charge in [0.25, 0.3) is 11.7 Å². The Kier molecular flexibility index (Phi) is 7.36. The van der Waals surface area contributed by atoms with Gasteiger partial charge in [-0.3, -0.25) is 4.79 Å². The number of sulfone groups is 1. The molecule has 1 amide bonds. The zero-order chi connectivity index (χ0) is 28.4. The Morgan fingerprint density at radius 3 is 2.33 bits per heavy atom. The van der Waals surface area contributed by atoms with Crippen LogP contribution < -0.4 is 19.8 Å². The predicted octanol–water partition coefficient (Wildman–Crippen LogP) is 2.34. The maximum absolute atomic E-state index is 13.3. The largest absolute Gasteiger partial charge is 0.542 e. The second-order valence-corrected chi connectivity index (χ2v) is 10.3. The van der Waals surface area contributed by atoms with Crippen molar-refractivity contribution >= 4 is 43.7 Å². The smallest absolute Gasteiger partial charge is 0.430 e. The van der Waals surface area contributed by atoms with Gasteiger partial charge in [0.05, 0.1) is 16.7 Å². The Morgan fingerprint density at radius 1 is 1.00 bits per heavy atom. The summed E-state index contributed by atoms with van der Waals surface area (Å²) < 4.78 is 57.0. The van der Waals surface area contributed by atoms with E-state index in [1.54, 1.807) is 24.3 Å². The van der Waals surface area contributed by atoms with Crippen molar-refractivity contribution in [1.82, 2.24) is 4.98 Å². The first-order valence-electron chi connectivity index (χ1n) is 11.2. The summed E-state index contributed by atoms with van der Waals surface area (Å²) in [6.45, 7) is 0. The fourth-order valence-corrected chi connectivity index (χ4v) is 4.42. The van der Waals surface area contributed by atoms with Gasteiger partial charge in [0.15, 0.2) is 27.7 Å². The van der Waals surface area contributed by atoms with Crippen LogP contribution in [0.4, 0.5) is 18.9 Å². The molecule has 0 fully saturated rings. The molecule has 0 spiro atoms. The van der Waals surface area contributed by atoms with Crippen molar-refractivity contribution in [3.63, 3.8) is 0 Å². The number of aromatic nitrogens is 3. The number of carboxylic acid groups (broad SMARTS) is 1. The highest BCUT2D eigenvalue weighted by molar-refractivity contribution is 7.90. The van der Waals surface area contributed by atoms with Crippen molar-refractivity contribution in [1.29, 1.82) is 0 Å². The zero-order valence-corrected chi connectivity index (χ0v) is 20.9. The molecule has 0 aliphatic rings. The minimum Gasteiger partial charge on any atom is -0.542 e. The number of hydrogen-bond acceptors (Lipinski definition) is 5. The molecular formula is C26H20F3N4O5S+. The van der Waals surface area contributed by atoms with E-state index in [1.807, 2.05) is 65.5 Å². The van der Waals surface area contributed by atoms with Gasteiger partial charge in [0, 0.05) is 28.8 Å². The zero-order valence-electron chi connectivity index (χ0n) is 20.1. The van der Waals surface area contributed by atoms with Gasteiger partial charge in [-0.2, -0.15) is 17.6 Å². The number of imidazole rings is 1. The number of halogens is 3. The molecule has 0 atom stereocenters. The lowest BCUT2D eigenvalue weighted by molar-refractivity contribution is -0.498. The lowest BCUT2D eigenvalue weighted by Crippen LogP contribution is -2.37. The minimum atomic E-state index is -5.19. The van der Waals surface area contributed by atoms with Crippen LogP contribution in [0.15, 0.2) is 90.2 Å². The molecule has 5 aromatic rings. The molecular weight excluding hydrogens is 537 g/mol. The number of alkyl halides is 3. The number of carbonyl (C=O) groups is 2. The SMILES string of the molecule is CS(=O)(=O)c1ccc(-c2[nH]c(C(=O)Nc3cccc4c[nH+]ccc34)c3cccc[n+]23)cc1.O=C([O-])C(F)(F)F. The number of aliphatic carboxylic acids is 1. The summed E-state index contributed by atoms with van der Waals surface area (Å²) in [4.78, 5) is 28.6. The van der Waals surface area contributed by atoms with Gasteiger partial charge in [-0.25, -0.2) is 18.4 Å². The maximum atomic E-state index is 13.3. The molecule has 3 aromatic heterocycles. The lowest BCUT2D eigenvalue weighted by atomic mass is 10.1. The van der Waals surface area contributed by atoms with Crippen LogP contribution in [0.1, 0.15) is 10.5 Å². The first-order valence-corrected chi connectivity index (χ1v) is 13.1. The maximum Gasteiger partial charge on any atom is 0.430 e. The lowest BCUT2D eigenvalue weighted by Gasteiger charge is -2.05. The molecule has 0 aliphatic carbocycles. The van der Waals surface area contributed by atoms with Gasteiger partial charge in [0.2, 0.25) is 5.69 Å². The summed E-state index contributed by atoms with van der Waals surface area (Å²) in [5.74, 6) is -2.60. The third-order valence-electron chi connectivity index (χ3n) is 5.59. The molecule has 0 bridgehead atoms. The number of benzene rings is 2. The quantitative estimate of drug-likeness (QED) is 0.327. The van der Waals surface area contributed by atoms with Crippen LogP contribution in [-0.4, -0.2) is 37.7 Å². The highest BCUT2D eigenvalue weighted by Crippen LogP contribution is 2.24. The number of carboxylic acids is 1. The number of aromatic amines is 2. The van der Waals surface area contributed by atoms with Crippen LogP contribution >= 0.6 is 0 Å². The topological polar surface area (TPSA) is 137 Å². The molecule has 0 aliphatic heterocycles. The average molecular weight is 558 g/mol. The fraction of sp³-hybridized carbons (Fsp3) is 0.0769. The predicted molar refractivity (Wildman–Crippen MR) is 132 cm³/mol. The summed E-state index contributed by atoms with van der Waals surface area (Å²) in [6, 6.07) is 19.8. The number of nitrogens with zero attached hydrogens (tertiary/aromatic N) is 1. The number of pyridine rings is 2. The highest BCUT2D eigenvalue weighted by Gasteiger charge is 2.29. The molecule has 0 radical (unpaired) electrons. The van der Waals surface area contributed by atoms with Gasteiger partial charge in [-0.1, -0.05) is 12.1 Å². The van der Waals surface area contributed by atoms with E-state index >= 15 is 0 Å². The summed E-state index contributed by atoms with van der Waals surface area (Å²) in [7, 11) is -3.29. The van der Waals surface area contributed by atoms with Gasteiger partial charge in [-0.05, 0) is 48.5 Å². The Labute approximate surface area is 219 Å². The van der Waals surface area contributed by atoms with E-state index in [0.29, 0.717) is 22.7 Å². The van der Waals surface area contributed by atoms with E-state index < -0.39 is 22.0 Å². The van der Waals surface area contributed by atoms with Gasteiger partial charge < -0.3 is 15.2 Å². The second-order valence-electron chi connectivity index (χ2n) is 8.29. The monoisotopic (exact) mass is 557 g/mol. The molecule has 3 heterocycles. The van der Waals surface area contributed by atoms with E-state index in [-0.39, 0.29) is 10.8 Å². The summed E-state index contributed by atoms with van der Waals surface area (Å²) >= 11 is 0. The van der Waals surface area contributed by atoms with Crippen molar-refractivity contribution in [3.05, 3.63) is 91.0 Å². The number of H-pyrrole nitrogens is 2. The molecule has 39 heavy (non-hydrogen) atoms. The molecule has 0 saturated heterocycles. The second kappa shape index (κ2) is 10.5. The highest BCUT2D eigenvalue weighted by atomic mass is 32.2. The summed E-state index contributed by atoms with van der Waals surface area (Å²) in [5, 5.41) is 13.7. The van der Waals surface area contributed by atoms with Crippen LogP contribution in [0.2, 0.25) is 0 Å². The molecule has 200 valence electrons. The van der Waals surface area contributed by atoms with Crippen molar-refractivity contribution in [2.45, 2.75) is 11.1 Å². The number of hydrogen-bond donors (Lipinski definition) is 2. The number of amides is 1. The van der Waals surface area contributed by atoms with Crippen molar-refractivity contribution in [2.75, 3.05) is 11.6 Å². The van der Waals surface area contributed by atoms with E-state index in [9.17, 15) is 26.4 Å². The molecule has 5 rings (SSSR count). The Balaban J connectivity index is 0.000000448. The number of nitrogens with one attached hydrogen (secondary N) is 3. The van der Waals surface area contributed by atoms with E-state index in [2.05, 4.69) is 15.3 Å². The molecule has 0 unspecified atom stereocenters. The molecule has 3 N–H and O–H groups in total. The third-order valence-corrected chi connectivity index (χ3v) is 6.72. The van der Waals surface area contributed by atoms with Crippen LogP contribution in [0.5, 0.6) is 0 Å². The first-order chi connectivity index (χ1) is 18.4. The van der Waals surface area contributed by atoms with E-state index in [1.165, 1.54) is 6.26 Å². The fourth-order valence-electron chi connectivity index (χ4n) is 3.79. The van der Waals surface area contributed by atoms with Gasteiger partial charge >= 0.3 is 6.18 Å². The standard InChI is InChI=1S/C24H18N4O3S.C2HF3O2/c1-32(30,31)18-10-8-16(9-11-18)23-27-22(21-7-2-3-14-28(21)23)24(29)26-20-6-4-5-17-15-25-13-12-19(17)20;3-2(4,5)1(6)7/h2-15H,1H3,(H,26,29);(H,6,7)/p+1. The van der Waals surface area contributed by atoms with E-state index in [4.69, 9.17) is 9.90 Å². The van der Waals surface area contributed by atoms with Crippen molar-refractivity contribution in [3.8, 4) is 11.4 Å². The Morgan fingerprint density at radius 2 is 1.69 bits per heavy atom. The molecule has 13 heteroatoms. The minimum absolute atomic E-state index is 0.244. The number of fused-ring (bicyclic) bond motifs is 2. The van der Waals surface area contributed by atoms with Crippen molar-refractivity contribution < 1.29 is 45.7 Å². The molecule has 2 aromatic carbocycles. The average Bonchev–Trinajstić information content (AvgIpc) is 3.28. The van der Waals surface area contributed by atoms with Crippen molar-refractivity contribution in [2.24, 2.45) is 0 Å². The molecule has 0 saturated carbocycles. The van der Waals surface area contributed by atoms with Crippen LogP contribution in [0.3, 0.4) is 0 Å². The van der Waals surface area contributed by atoms with Crippen LogP contribution in [-0.2, 0) is 14.6 Å². The number of anilines is 1. The third kappa shape index (κ3) is 6.04. The number of rotatable bonds is 4. The molecule has 9 nitrogen and oxygen atoms in total.